The average Bonchev–Trinajstić information content (AvgIpc) is 3.62. The van der Waals surface area contributed by atoms with E-state index in [0.717, 1.165) is 35.1 Å². The van der Waals surface area contributed by atoms with Crippen LogP contribution in [0.3, 0.4) is 0 Å². The fraction of sp³-hybridized carbons (Fsp3) is 0.278. The lowest BCUT2D eigenvalue weighted by Gasteiger charge is -2.32. The Balaban J connectivity index is 1.36. The van der Waals surface area contributed by atoms with Gasteiger partial charge in [0.1, 0.15) is 6.04 Å². The molecule has 1 saturated heterocycles. The largest absolute Gasteiger partial charge is 0.350 e. The van der Waals surface area contributed by atoms with Gasteiger partial charge in [0.05, 0.1) is 4.90 Å². The fourth-order valence-corrected chi connectivity index (χ4v) is 7.30. The Labute approximate surface area is 270 Å². The summed E-state index contributed by atoms with van der Waals surface area (Å²) in [6.45, 7) is 1.60. The average molecular weight is 644 g/mol. The van der Waals surface area contributed by atoms with Gasteiger partial charge < -0.3 is 10.2 Å². The monoisotopic (exact) mass is 643 g/mol. The number of carbonyl (C=O) groups excluding carboxylic acids is 2. The molecule has 45 heavy (non-hydrogen) atoms. The van der Waals surface area contributed by atoms with Crippen molar-refractivity contribution in [3.8, 4) is 0 Å². The lowest BCUT2D eigenvalue weighted by Crippen LogP contribution is -2.50. The van der Waals surface area contributed by atoms with E-state index in [0.29, 0.717) is 31.0 Å². The molecule has 234 valence electrons. The second kappa shape index (κ2) is 15.3. The minimum absolute atomic E-state index is 0.161. The maximum Gasteiger partial charge on any atom is 0.243 e. The van der Waals surface area contributed by atoms with Crippen molar-refractivity contribution < 1.29 is 18.0 Å². The Hall–Kier alpha value is -3.98. The van der Waals surface area contributed by atoms with Crippen molar-refractivity contribution >= 4 is 33.4 Å². The molecule has 0 unspecified atom stereocenters. The van der Waals surface area contributed by atoms with Gasteiger partial charge in [-0.3, -0.25) is 9.59 Å². The molecule has 0 aliphatic carbocycles. The van der Waals surface area contributed by atoms with Gasteiger partial charge in [0.25, 0.3) is 0 Å². The fourth-order valence-electron chi connectivity index (χ4n) is 5.58. The van der Waals surface area contributed by atoms with Crippen molar-refractivity contribution in [2.45, 2.75) is 56.1 Å². The Morgan fingerprint density at radius 1 is 0.778 bits per heavy atom. The minimum atomic E-state index is -3.51. The van der Waals surface area contributed by atoms with E-state index in [4.69, 9.17) is 11.6 Å². The molecule has 7 nitrogen and oxygen atoms in total. The van der Waals surface area contributed by atoms with Crippen LogP contribution in [0.5, 0.6) is 0 Å². The van der Waals surface area contributed by atoms with Crippen LogP contribution < -0.4 is 5.32 Å². The van der Waals surface area contributed by atoms with Crippen molar-refractivity contribution in [2.24, 2.45) is 0 Å². The lowest BCUT2D eigenvalue weighted by molar-refractivity contribution is -0.141. The molecule has 0 aromatic heterocycles. The van der Waals surface area contributed by atoms with Gasteiger partial charge in [0.15, 0.2) is 0 Å². The number of carbonyl (C=O) groups is 2. The van der Waals surface area contributed by atoms with Crippen LogP contribution in [0.15, 0.2) is 114 Å². The SMILES string of the molecule is O=C(NCc1ccccc1Cl)[C@@H](Cc1ccccc1)N(Cc1ccccc1)C(=O)CCc1ccc(S(=O)(=O)N2CCCC2)cc1. The Kier molecular flexibility index (Phi) is 11.1. The molecular weight excluding hydrogens is 606 g/mol. The molecular formula is C36H38ClN3O4S. The molecule has 4 aromatic carbocycles. The zero-order chi connectivity index (χ0) is 31.6. The Bertz CT molecular complexity index is 1680. The van der Waals surface area contributed by atoms with E-state index >= 15 is 0 Å². The van der Waals surface area contributed by atoms with E-state index in [-0.39, 0.29) is 36.2 Å². The molecule has 1 aliphatic rings. The minimum Gasteiger partial charge on any atom is -0.350 e. The van der Waals surface area contributed by atoms with Crippen molar-refractivity contribution in [3.05, 3.63) is 136 Å². The second-order valence-corrected chi connectivity index (χ2v) is 13.6. The van der Waals surface area contributed by atoms with Gasteiger partial charge in [-0.05, 0) is 59.7 Å². The molecule has 2 amide bonds. The molecule has 1 N–H and O–H groups in total. The maximum atomic E-state index is 14.0. The molecule has 0 radical (unpaired) electrons. The highest BCUT2D eigenvalue weighted by atomic mass is 35.5. The van der Waals surface area contributed by atoms with Gasteiger partial charge >= 0.3 is 0 Å². The molecule has 0 bridgehead atoms. The number of sulfonamides is 1. The summed E-state index contributed by atoms with van der Waals surface area (Å²) >= 11 is 6.35. The van der Waals surface area contributed by atoms with Crippen molar-refractivity contribution in [1.82, 2.24) is 14.5 Å². The van der Waals surface area contributed by atoms with Crippen LogP contribution in [0.25, 0.3) is 0 Å². The summed E-state index contributed by atoms with van der Waals surface area (Å²) in [5, 5.41) is 3.58. The van der Waals surface area contributed by atoms with Crippen LogP contribution in [-0.2, 0) is 45.5 Å². The molecule has 1 heterocycles. The zero-order valence-electron chi connectivity index (χ0n) is 25.1. The molecule has 0 saturated carbocycles. The number of benzene rings is 4. The van der Waals surface area contributed by atoms with E-state index in [1.54, 1.807) is 35.2 Å². The number of halogens is 1. The van der Waals surface area contributed by atoms with Crippen LogP contribution in [0.1, 0.15) is 41.5 Å². The summed E-state index contributed by atoms with van der Waals surface area (Å²) in [6, 6.07) is 32.7. The summed E-state index contributed by atoms with van der Waals surface area (Å²) in [5.41, 5.74) is 3.50. The standard InChI is InChI=1S/C36H38ClN3O4S/c37-33-16-8-7-15-31(33)26-38-36(42)34(25-29-11-3-1-4-12-29)40(27-30-13-5-2-6-14-30)35(41)22-19-28-17-20-32(21-18-28)45(43,44)39-23-9-10-24-39/h1-8,11-18,20-21,34H,9-10,19,22-27H2,(H,38,42)/t34-/m1/s1. The summed E-state index contributed by atoms with van der Waals surface area (Å²) < 4.78 is 27.4. The van der Waals surface area contributed by atoms with E-state index in [2.05, 4.69) is 5.32 Å². The molecule has 1 aliphatic heterocycles. The van der Waals surface area contributed by atoms with E-state index in [1.165, 1.54) is 4.31 Å². The molecule has 9 heteroatoms. The topological polar surface area (TPSA) is 86.8 Å². The van der Waals surface area contributed by atoms with Crippen LogP contribution >= 0.6 is 11.6 Å². The number of nitrogens with zero attached hydrogens (tertiary/aromatic N) is 2. The molecule has 5 rings (SSSR count). The maximum absolute atomic E-state index is 14.0. The molecule has 0 spiro atoms. The summed E-state index contributed by atoms with van der Waals surface area (Å²) in [5.74, 6) is -0.430. The molecule has 1 fully saturated rings. The zero-order valence-corrected chi connectivity index (χ0v) is 26.7. The van der Waals surface area contributed by atoms with Gasteiger partial charge in [-0.2, -0.15) is 4.31 Å². The number of hydrogen-bond acceptors (Lipinski definition) is 4. The second-order valence-electron chi connectivity index (χ2n) is 11.3. The molecule has 1 atom stereocenters. The Morgan fingerprint density at radius 2 is 1.38 bits per heavy atom. The van der Waals surface area contributed by atoms with Crippen molar-refractivity contribution in [1.29, 1.82) is 0 Å². The number of nitrogens with one attached hydrogen (secondary N) is 1. The lowest BCUT2D eigenvalue weighted by atomic mass is 10.0. The highest BCUT2D eigenvalue weighted by Gasteiger charge is 2.31. The van der Waals surface area contributed by atoms with Crippen LogP contribution in [0.4, 0.5) is 0 Å². The van der Waals surface area contributed by atoms with Gasteiger partial charge in [-0.25, -0.2) is 8.42 Å². The third-order valence-electron chi connectivity index (χ3n) is 8.13. The van der Waals surface area contributed by atoms with Crippen molar-refractivity contribution in [3.63, 3.8) is 0 Å². The van der Waals surface area contributed by atoms with Gasteiger partial charge in [0.2, 0.25) is 21.8 Å². The highest BCUT2D eigenvalue weighted by Crippen LogP contribution is 2.22. The van der Waals surface area contributed by atoms with Crippen molar-refractivity contribution in [2.75, 3.05) is 13.1 Å². The van der Waals surface area contributed by atoms with Gasteiger partial charge in [-0.15, -0.1) is 0 Å². The quantitative estimate of drug-likeness (QED) is 0.193. The van der Waals surface area contributed by atoms with Crippen LogP contribution in [0, 0.1) is 0 Å². The predicted octanol–water partition coefficient (Wildman–Crippen LogP) is 6.01. The first-order chi connectivity index (χ1) is 21.8. The number of hydrogen-bond donors (Lipinski definition) is 1. The number of rotatable bonds is 13. The predicted molar refractivity (Wildman–Crippen MR) is 177 cm³/mol. The summed E-state index contributed by atoms with van der Waals surface area (Å²) in [6.07, 6.45) is 2.67. The number of aryl methyl sites for hydroxylation is 1. The van der Waals surface area contributed by atoms with E-state index in [9.17, 15) is 18.0 Å². The Morgan fingerprint density at radius 3 is 2.02 bits per heavy atom. The van der Waals surface area contributed by atoms with Crippen LogP contribution in [-0.4, -0.2) is 48.6 Å². The molecule has 4 aromatic rings. The summed E-state index contributed by atoms with van der Waals surface area (Å²) in [4.78, 5) is 29.8. The van der Waals surface area contributed by atoms with E-state index < -0.39 is 16.1 Å². The first-order valence-electron chi connectivity index (χ1n) is 15.3. The first-order valence-corrected chi connectivity index (χ1v) is 17.1. The smallest absolute Gasteiger partial charge is 0.243 e. The third-order valence-corrected chi connectivity index (χ3v) is 10.4. The van der Waals surface area contributed by atoms with Gasteiger partial charge in [0, 0.05) is 44.0 Å². The third kappa shape index (κ3) is 8.60. The number of amides is 2. The van der Waals surface area contributed by atoms with Crippen LogP contribution in [0.2, 0.25) is 5.02 Å². The first kappa shape index (κ1) is 32.4. The van der Waals surface area contributed by atoms with E-state index in [1.807, 2.05) is 78.9 Å². The summed E-state index contributed by atoms with van der Waals surface area (Å²) in [7, 11) is -3.51. The van der Waals surface area contributed by atoms with Gasteiger partial charge in [-0.1, -0.05) is 103 Å². The normalized spacial score (nSPS) is 14.2. The highest BCUT2D eigenvalue weighted by molar-refractivity contribution is 7.89.